The van der Waals surface area contributed by atoms with Crippen molar-refractivity contribution in [2.45, 2.75) is 81.7 Å². The maximum atomic E-state index is 12.3. The van der Waals surface area contributed by atoms with Crippen LogP contribution in [0.15, 0.2) is 24.3 Å². The highest BCUT2D eigenvalue weighted by molar-refractivity contribution is 8.18. The van der Waals surface area contributed by atoms with Crippen LogP contribution in [-0.2, 0) is 19.9 Å². The molecular weight excluding hydrogens is 400 g/mol. The molecule has 1 saturated heterocycles. The number of ketones is 1. The standard InChI is InChI=1S/C23H36O2S2Si/c1-22(2,3)28(4,5)25-17-18-10-6-7-13-21(18)23(26-14-9-15-27-23)19-11-8-12-20(24)16-19/h6-7,10,13,19H,8-9,11-12,14-17H2,1-5H3. The van der Waals surface area contributed by atoms with Gasteiger partial charge in [0.05, 0.1) is 10.7 Å². The monoisotopic (exact) mass is 436 g/mol. The van der Waals surface area contributed by atoms with Gasteiger partial charge in [-0.05, 0) is 65.9 Å². The second-order valence-corrected chi connectivity index (χ2v) is 17.5. The molecule has 0 bridgehead atoms. The molecule has 28 heavy (non-hydrogen) atoms. The van der Waals surface area contributed by atoms with Crippen LogP contribution in [0.5, 0.6) is 0 Å². The molecule has 3 rings (SSSR count). The van der Waals surface area contributed by atoms with Gasteiger partial charge in [0.1, 0.15) is 5.78 Å². The SMILES string of the molecule is CC(C)(C)[Si](C)(C)OCc1ccccc1C1(C2CCCC(=O)C2)SCCCS1. The summed E-state index contributed by atoms with van der Waals surface area (Å²) < 4.78 is 6.63. The summed E-state index contributed by atoms with van der Waals surface area (Å²) in [6.07, 6.45) is 5.01. The first-order chi connectivity index (χ1) is 13.2. The van der Waals surface area contributed by atoms with Crippen LogP contribution in [0.2, 0.25) is 18.1 Å². The molecule has 1 aromatic rings. The smallest absolute Gasteiger partial charge is 0.192 e. The molecule has 5 heteroatoms. The molecule has 1 heterocycles. The number of hydrogen-bond donors (Lipinski definition) is 0. The number of carbonyl (C=O) groups excluding carboxylic acids is 1. The van der Waals surface area contributed by atoms with Crippen molar-refractivity contribution >= 4 is 37.6 Å². The van der Waals surface area contributed by atoms with Gasteiger partial charge < -0.3 is 4.43 Å². The first kappa shape index (κ1) is 22.5. The molecule has 156 valence electrons. The molecule has 0 spiro atoms. The molecule has 1 aromatic carbocycles. The van der Waals surface area contributed by atoms with E-state index in [1.165, 1.54) is 35.5 Å². The van der Waals surface area contributed by atoms with E-state index in [2.05, 4.69) is 81.7 Å². The van der Waals surface area contributed by atoms with E-state index in [0.29, 0.717) is 18.3 Å². The van der Waals surface area contributed by atoms with Crippen molar-refractivity contribution in [2.24, 2.45) is 5.92 Å². The third-order valence-electron chi connectivity index (χ3n) is 6.73. The van der Waals surface area contributed by atoms with Crippen LogP contribution in [0.3, 0.4) is 0 Å². The lowest BCUT2D eigenvalue weighted by atomic mass is 9.82. The summed E-state index contributed by atoms with van der Waals surface area (Å²) in [7, 11) is -1.80. The fourth-order valence-electron chi connectivity index (χ4n) is 3.97. The first-order valence-corrected chi connectivity index (χ1v) is 15.6. The van der Waals surface area contributed by atoms with Gasteiger partial charge in [-0.25, -0.2) is 0 Å². The lowest BCUT2D eigenvalue weighted by molar-refractivity contribution is -0.121. The Bertz CT molecular complexity index is 690. The summed E-state index contributed by atoms with van der Waals surface area (Å²) >= 11 is 4.18. The largest absolute Gasteiger partial charge is 0.413 e. The zero-order valence-electron chi connectivity index (χ0n) is 18.2. The second-order valence-electron chi connectivity index (χ2n) is 9.76. The Morgan fingerprint density at radius 2 is 1.82 bits per heavy atom. The highest BCUT2D eigenvalue weighted by atomic mass is 32.2. The lowest BCUT2D eigenvalue weighted by Crippen LogP contribution is -2.41. The summed E-state index contributed by atoms with van der Waals surface area (Å²) in [5, 5.41) is 0.212. The average Bonchev–Trinajstić information content (AvgIpc) is 2.66. The van der Waals surface area contributed by atoms with Crippen molar-refractivity contribution in [1.29, 1.82) is 0 Å². The van der Waals surface area contributed by atoms with Crippen molar-refractivity contribution < 1.29 is 9.22 Å². The van der Waals surface area contributed by atoms with Gasteiger partial charge in [-0.15, -0.1) is 23.5 Å². The highest BCUT2D eigenvalue weighted by Gasteiger charge is 2.46. The van der Waals surface area contributed by atoms with Crippen LogP contribution in [0.1, 0.15) is 64.0 Å². The van der Waals surface area contributed by atoms with Gasteiger partial charge in [-0.3, -0.25) is 4.79 Å². The molecule has 1 atom stereocenters. The summed E-state index contributed by atoms with van der Waals surface area (Å²) in [4.78, 5) is 12.3. The predicted octanol–water partition coefficient (Wildman–Crippen LogP) is 6.99. The molecule has 1 aliphatic carbocycles. The fraction of sp³-hybridized carbons (Fsp3) is 0.696. The molecule has 0 amide bonds. The number of thioether (sulfide) groups is 2. The Balaban J connectivity index is 1.92. The average molecular weight is 437 g/mol. The van der Waals surface area contributed by atoms with Crippen LogP contribution in [0.4, 0.5) is 0 Å². The molecule has 1 aliphatic heterocycles. The third kappa shape index (κ3) is 4.74. The number of rotatable bonds is 5. The van der Waals surface area contributed by atoms with Crippen molar-refractivity contribution in [3.8, 4) is 0 Å². The van der Waals surface area contributed by atoms with Crippen LogP contribution >= 0.6 is 23.5 Å². The third-order valence-corrected chi connectivity index (χ3v) is 14.9. The molecular formula is C23H36O2S2Si. The quantitative estimate of drug-likeness (QED) is 0.465. The Labute approximate surface area is 181 Å². The van der Waals surface area contributed by atoms with Crippen molar-refractivity contribution in [1.82, 2.24) is 0 Å². The summed E-state index contributed by atoms with van der Waals surface area (Å²) in [5.74, 6) is 3.28. The minimum absolute atomic E-state index is 0.0156. The Kier molecular flexibility index (Phi) is 7.11. The number of carbonyl (C=O) groups is 1. The van der Waals surface area contributed by atoms with Crippen molar-refractivity contribution in [3.63, 3.8) is 0 Å². The van der Waals surface area contributed by atoms with Crippen LogP contribution in [-0.4, -0.2) is 25.6 Å². The maximum Gasteiger partial charge on any atom is 0.192 e. The fourth-order valence-corrected chi connectivity index (χ4v) is 8.70. The minimum Gasteiger partial charge on any atom is -0.413 e. The topological polar surface area (TPSA) is 26.3 Å². The van der Waals surface area contributed by atoms with Crippen molar-refractivity contribution in [3.05, 3.63) is 35.4 Å². The summed E-state index contributed by atoms with van der Waals surface area (Å²) in [5.41, 5.74) is 2.75. The molecule has 2 aliphatic rings. The zero-order chi connectivity index (χ0) is 20.4. The van der Waals surface area contributed by atoms with E-state index >= 15 is 0 Å². The summed E-state index contributed by atoms with van der Waals surface area (Å²) in [6.45, 7) is 12.2. The van der Waals surface area contributed by atoms with Gasteiger partial charge in [0.15, 0.2) is 8.32 Å². The van der Waals surface area contributed by atoms with E-state index in [1.54, 1.807) is 0 Å². The molecule has 1 saturated carbocycles. The zero-order valence-corrected chi connectivity index (χ0v) is 20.8. The van der Waals surface area contributed by atoms with E-state index < -0.39 is 8.32 Å². The second kappa shape index (κ2) is 8.87. The van der Waals surface area contributed by atoms with E-state index in [4.69, 9.17) is 4.43 Å². The number of Topliss-reactive ketones (excluding diaryl/α,β-unsaturated/α-hetero) is 1. The normalized spacial score (nSPS) is 23.6. The molecule has 0 aromatic heterocycles. The van der Waals surface area contributed by atoms with E-state index in [1.807, 2.05) is 0 Å². The van der Waals surface area contributed by atoms with Gasteiger partial charge in [-0.1, -0.05) is 45.0 Å². The van der Waals surface area contributed by atoms with Crippen molar-refractivity contribution in [2.75, 3.05) is 11.5 Å². The highest BCUT2D eigenvalue weighted by Crippen LogP contribution is 2.59. The van der Waals surface area contributed by atoms with Gasteiger partial charge in [0.2, 0.25) is 0 Å². The molecule has 2 nitrogen and oxygen atoms in total. The van der Waals surface area contributed by atoms with E-state index in [-0.39, 0.29) is 9.12 Å². The van der Waals surface area contributed by atoms with E-state index in [0.717, 1.165) is 19.3 Å². The van der Waals surface area contributed by atoms with Crippen LogP contribution in [0.25, 0.3) is 0 Å². The molecule has 0 N–H and O–H groups in total. The Morgan fingerprint density at radius 1 is 1.14 bits per heavy atom. The van der Waals surface area contributed by atoms with Gasteiger partial charge in [0, 0.05) is 12.8 Å². The van der Waals surface area contributed by atoms with Crippen LogP contribution in [0, 0.1) is 5.92 Å². The molecule has 1 unspecified atom stereocenters. The van der Waals surface area contributed by atoms with Gasteiger partial charge in [0.25, 0.3) is 0 Å². The predicted molar refractivity (Wildman–Crippen MR) is 127 cm³/mol. The Morgan fingerprint density at radius 3 is 2.46 bits per heavy atom. The first-order valence-electron chi connectivity index (χ1n) is 10.7. The van der Waals surface area contributed by atoms with E-state index in [9.17, 15) is 4.79 Å². The number of hydrogen-bond acceptors (Lipinski definition) is 4. The van der Waals surface area contributed by atoms with Gasteiger partial charge >= 0.3 is 0 Å². The lowest BCUT2D eigenvalue weighted by Gasteiger charge is -2.45. The molecule has 0 radical (unpaired) electrons. The maximum absolute atomic E-state index is 12.3. The molecule has 2 fully saturated rings. The van der Waals surface area contributed by atoms with Gasteiger partial charge in [-0.2, -0.15) is 0 Å². The Hall–Kier alpha value is -0.233. The van der Waals surface area contributed by atoms with Crippen LogP contribution < -0.4 is 0 Å². The minimum atomic E-state index is -1.80. The number of benzene rings is 1. The summed E-state index contributed by atoms with van der Waals surface area (Å²) in [6, 6.07) is 8.89.